The molecule has 0 aliphatic carbocycles. The fourth-order valence-electron chi connectivity index (χ4n) is 1.09. The molecule has 2 atom stereocenters. The monoisotopic (exact) mass is 198 g/mol. The summed E-state index contributed by atoms with van der Waals surface area (Å²) in [5.74, 6) is -1.31. The van der Waals surface area contributed by atoms with Crippen molar-refractivity contribution >= 4 is 5.97 Å². The van der Waals surface area contributed by atoms with E-state index in [-0.39, 0.29) is 5.56 Å². The van der Waals surface area contributed by atoms with Crippen molar-refractivity contribution in [3.63, 3.8) is 0 Å². The fourth-order valence-corrected chi connectivity index (χ4v) is 1.09. The number of hydrogen-bond acceptors (Lipinski definition) is 2. The van der Waals surface area contributed by atoms with Gasteiger partial charge in [0.05, 0.1) is 0 Å². The fraction of sp³-hybridized carbons (Fsp3) is 0.300. The lowest BCUT2D eigenvalue weighted by Crippen LogP contribution is -2.10. The van der Waals surface area contributed by atoms with Crippen LogP contribution in [0.1, 0.15) is 30.3 Å². The third-order valence-corrected chi connectivity index (χ3v) is 1.95. The van der Waals surface area contributed by atoms with Crippen molar-refractivity contribution in [2.75, 3.05) is 0 Å². The number of alkyl halides is 1. The quantitative estimate of drug-likeness (QED) is 0.779. The van der Waals surface area contributed by atoms with Crippen LogP contribution >= 0.6 is 0 Å². The van der Waals surface area contributed by atoms with Gasteiger partial charge in [0.15, 0.2) is 6.10 Å². The SMILES string of the molecule is CC(F)c1ccc(C(O)C(=O)O)cc1. The molecule has 1 aromatic rings. The number of benzene rings is 1. The van der Waals surface area contributed by atoms with E-state index >= 15 is 0 Å². The van der Waals surface area contributed by atoms with Gasteiger partial charge in [-0.2, -0.15) is 0 Å². The second-order valence-electron chi connectivity index (χ2n) is 3.02. The van der Waals surface area contributed by atoms with Crippen LogP contribution in [0.15, 0.2) is 24.3 Å². The lowest BCUT2D eigenvalue weighted by atomic mass is 10.1. The van der Waals surface area contributed by atoms with Gasteiger partial charge >= 0.3 is 5.97 Å². The van der Waals surface area contributed by atoms with Gasteiger partial charge in [-0.05, 0) is 18.1 Å². The molecule has 2 N–H and O–H groups in total. The van der Waals surface area contributed by atoms with E-state index in [1.807, 2.05) is 0 Å². The lowest BCUT2D eigenvalue weighted by Gasteiger charge is -2.07. The average molecular weight is 198 g/mol. The van der Waals surface area contributed by atoms with E-state index in [0.717, 1.165) is 0 Å². The van der Waals surface area contributed by atoms with E-state index in [0.29, 0.717) is 5.56 Å². The van der Waals surface area contributed by atoms with E-state index in [4.69, 9.17) is 10.2 Å². The van der Waals surface area contributed by atoms with Gasteiger partial charge in [-0.1, -0.05) is 24.3 Å². The molecule has 2 unspecified atom stereocenters. The van der Waals surface area contributed by atoms with Gasteiger partial charge in [-0.25, -0.2) is 9.18 Å². The summed E-state index contributed by atoms with van der Waals surface area (Å²) in [4.78, 5) is 10.4. The first-order valence-corrected chi connectivity index (χ1v) is 4.17. The molecule has 0 radical (unpaired) electrons. The van der Waals surface area contributed by atoms with Crippen LogP contribution in [-0.2, 0) is 4.79 Å². The van der Waals surface area contributed by atoms with Crippen LogP contribution in [-0.4, -0.2) is 16.2 Å². The maximum atomic E-state index is 12.7. The Labute approximate surface area is 80.8 Å². The Hall–Kier alpha value is -1.42. The van der Waals surface area contributed by atoms with E-state index in [1.54, 1.807) is 0 Å². The number of carboxylic acid groups (broad SMARTS) is 1. The molecule has 0 aliphatic heterocycles. The largest absolute Gasteiger partial charge is 0.479 e. The van der Waals surface area contributed by atoms with Gasteiger partial charge in [0.25, 0.3) is 0 Å². The molecule has 0 aromatic heterocycles. The van der Waals surface area contributed by atoms with Crippen molar-refractivity contribution in [2.24, 2.45) is 0 Å². The highest BCUT2D eigenvalue weighted by atomic mass is 19.1. The molecule has 76 valence electrons. The summed E-state index contributed by atoms with van der Waals surface area (Å²) >= 11 is 0. The normalized spacial score (nSPS) is 14.8. The molecule has 0 aliphatic rings. The Morgan fingerprint density at radius 3 is 2.07 bits per heavy atom. The molecule has 0 heterocycles. The highest BCUT2D eigenvalue weighted by molar-refractivity contribution is 5.73. The van der Waals surface area contributed by atoms with Crippen molar-refractivity contribution < 1.29 is 19.4 Å². The number of carboxylic acids is 1. The average Bonchev–Trinajstić information content (AvgIpc) is 2.16. The standard InChI is InChI=1S/C10H11FO3/c1-6(11)7-2-4-8(5-3-7)9(12)10(13)14/h2-6,9,12H,1H3,(H,13,14). The van der Waals surface area contributed by atoms with Crippen LogP contribution in [0.4, 0.5) is 4.39 Å². The predicted octanol–water partition coefficient (Wildman–Crippen LogP) is 1.84. The van der Waals surface area contributed by atoms with E-state index in [1.165, 1.54) is 31.2 Å². The Bertz CT molecular complexity index is 319. The molecule has 3 nitrogen and oxygen atoms in total. The summed E-state index contributed by atoms with van der Waals surface area (Å²) in [7, 11) is 0. The Morgan fingerprint density at radius 1 is 1.29 bits per heavy atom. The zero-order chi connectivity index (χ0) is 10.7. The number of aliphatic hydroxyl groups is 1. The van der Waals surface area contributed by atoms with Gasteiger partial charge in [0, 0.05) is 0 Å². The molecule has 0 fully saturated rings. The summed E-state index contributed by atoms with van der Waals surface area (Å²) < 4.78 is 12.7. The molecule has 0 bridgehead atoms. The first-order valence-electron chi connectivity index (χ1n) is 4.17. The summed E-state index contributed by atoms with van der Waals surface area (Å²) in [6.45, 7) is 1.39. The van der Waals surface area contributed by atoms with E-state index in [2.05, 4.69) is 0 Å². The molecule has 0 amide bonds. The van der Waals surface area contributed by atoms with Gasteiger partial charge in [-0.15, -0.1) is 0 Å². The van der Waals surface area contributed by atoms with Gasteiger partial charge in [0.2, 0.25) is 0 Å². The smallest absolute Gasteiger partial charge is 0.337 e. The van der Waals surface area contributed by atoms with Crippen molar-refractivity contribution in [3.8, 4) is 0 Å². The van der Waals surface area contributed by atoms with Gasteiger partial charge in [0.1, 0.15) is 6.17 Å². The van der Waals surface area contributed by atoms with Gasteiger partial charge in [-0.3, -0.25) is 0 Å². The Kier molecular flexibility index (Phi) is 3.19. The number of aliphatic hydroxyl groups excluding tert-OH is 1. The lowest BCUT2D eigenvalue weighted by molar-refractivity contribution is -0.146. The van der Waals surface area contributed by atoms with E-state index in [9.17, 15) is 9.18 Å². The number of carbonyl (C=O) groups is 1. The molecule has 0 spiro atoms. The molecule has 0 saturated heterocycles. The molecular weight excluding hydrogens is 187 g/mol. The number of hydrogen-bond donors (Lipinski definition) is 2. The highest BCUT2D eigenvalue weighted by Crippen LogP contribution is 2.19. The molecule has 0 saturated carbocycles. The van der Waals surface area contributed by atoms with Crippen molar-refractivity contribution in [1.82, 2.24) is 0 Å². The zero-order valence-corrected chi connectivity index (χ0v) is 7.64. The van der Waals surface area contributed by atoms with Crippen LogP contribution in [0.3, 0.4) is 0 Å². The number of rotatable bonds is 3. The molecule has 1 aromatic carbocycles. The van der Waals surface area contributed by atoms with E-state index < -0.39 is 18.2 Å². The first kappa shape index (κ1) is 10.7. The first-order chi connectivity index (χ1) is 6.52. The van der Waals surface area contributed by atoms with Crippen molar-refractivity contribution in [2.45, 2.75) is 19.2 Å². The Morgan fingerprint density at radius 2 is 1.71 bits per heavy atom. The summed E-state index contributed by atoms with van der Waals surface area (Å²) in [6, 6.07) is 5.74. The molecule has 14 heavy (non-hydrogen) atoms. The molecule has 1 rings (SSSR count). The van der Waals surface area contributed by atoms with Crippen LogP contribution in [0, 0.1) is 0 Å². The van der Waals surface area contributed by atoms with Crippen LogP contribution < -0.4 is 0 Å². The second-order valence-corrected chi connectivity index (χ2v) is 3.02. The van der Waals surface area contributed by atoms with Gasteiger partial charge < -0.3 is 10.2 Å². The molecule has 4 heteroatoms. The minimum atomic E-state index is -1.54. The zero-order valence-electron chi connectivity index (χ0n) is 7.64. The Balaban J connectivity index is 2.88. The number of halogens is 1. The van der Waals surface area contributed by atoms with Crippen LogP contribution in [0.5, 0.6) is 0 Å². The summed E-state index contributed by atoms with van der Waals surface area (Å²) in [5.41, 5.74) is 0.716. The minimum Gasteiger partial charge on any atom is -0.479 e. The highest BCUT2D eigenvalue weighted by Gasteiger charge is 2.15. The van der Waals surface area contributed by atoms with Crippen molar-refractivity contribution in [1.29, 1.82) is 0 Å². The van der Waals surface area contributed by atoms with Crippen molar-refractivity contribution in [3.05, 3.63) is 35.4 Å². The molecular formula is C10H11FO3. The summed E-state index contributed by atoms with van der Waals surface area (Å²) in [6.07, 6.45) is -2.63. The maximum absolute atomic E-state index is 12.7. The maximum Gasteiger partial charge on any atom is 0.337 e. The third kappa shape index (κ3) is 2.29. The van der Waals surface area contributed by atoms with Crippen LogP contribution in [0.25, 0.3) is 0 Å². The second kappa shape index (κ2) is 4.19. The summed E-state index contributed by atoms with van der Waals surface area (Å²) in [5, 5.41) is 17.6. The topological polar surface area (TPSA) is 57.5 Å². The van der Waals surface area contributed by atoms with Crippen LogP contribution in [0.2, 0.25) is 0 Å². The number of aliphatic carboxylic acids is 1. The third-order valence-electron chi connectivity index (χ3n) is 1.95. The minimum absolute atomic E-state index is 0.252. The predicted molar refractivity (Wildman–Crippen MR) is 48.6 cm³/mol.